The number of hydrogen-bond acceptors (Lipinski definition) is 3. The van der Waals surface area contributed by atoms with Crippen LogP contribution in [0.5, 0.6) is 5.75 Å². The molecule has 1 aliphatic rings. The molecule has 1 aliphatic heterocycles. The van der Waals surface area contributed by atoms with E-state index in [9.17, 15) is 9.18 Å². The minimum atomic E-state index is -0.312. The van der Waals surface area contributed by atoms with Crippen LogP contribution >= 0.6 is 0 Å². The number of hydrogen-bond donors (Lipinski definition) is 1. The summed E-state index contributed by atoms with van der Waals surface area (Å²) in [6.07, 6.45) is 4.25. The maximum Gasteiger partial charge on any atom is 0.226 e. The fraction of sp³-hybridized carbons (Fsp3) is 0.273. The molecule has 0 saturated carbocycles. The van der Waals surface area contributed by atoms with Gasteiger partial charge >= 0.3 is 0 Å². The SMILES string of the molecule is CCCCOc1ccc([C@@H]2CC(=O)Nc3c2cnn3-c2ccc(F)cc2)cc1. The molecule has 0 saturated heterocycles. The summed E-state index contributed by atoms with van der Waals surface area (Å²) in [4.78, 5) is 12.3. The zero-order valence-corrected chi connectivity index (χ0v) is 15.7. The third-order valence-corrected chi connectivity index (χ3v) is 4.94. The molecule has 28 heavy (non-hydrogen) atoms. The van der Waals surface area contributed by atoms with Crippen molar-refractivity contribution in [2.75, 3.05) is 11.9 Å². The second-order valence-electron chi connectivity index (χ2n) is 6.91. The topological polar surface area (TPSA) is 56.1 Å². The van der Waals surface area contributed by atoms with E-state index < -0.39 is 0 Å². The molecule has 0 fully saturated rings. The number of nitrogens with one attached hydrogen (secondary N) is 1. The van der Waals surface area contributed by atoms with Crippen LogP contribution in [-0.2, 0) is 4.79 Å². The summed E-state index contributed by atoms with van der Waals surface area (Å²) in [5.41, 5.74) is 2.68. The molecule has 2 heterocycles. The number of aromatic nitrogens is 2. The summed E-state index contributed by atoms with van der Waals surface area (Å²) in [5.74, 6) is 1.01. The number of benzene rings is 2. The van der Waals surface area contributed by atoms with E-state index >= 15 is 0 Å². The smallest absolute Gasteiger partial charge is 0.226 e. The molecule has 0 spiro atoms. The third-order valence-electron chi connectivity index (χ3n) is 4.94. The van der Waals surface area contributed by atoms with Crippen LogP contribution in [0.4, 0.5) is 10.2 Å². The second kappa shape index (κ2) is 7.84. The molecule has 1 atom stereocenters. The van der Waals surface area contributed by atoms with E-state index in [0.717, 1.165) is 29.7 Å². The minimum Gasteiger partial charge on any atom is -0.494 e. The summed E-state index contributed by atoms with van der Waals surface area (Å²) in [6.45, 7) is 2.83. The molecular formula is C22H22FN3O2. The Hall–Kier alpha value is -3.15. The van der Waals surface area contributed by atoms with Crippen LogP contribution in [0, 0.1) is 5.82 Å². The standard InChI is InChI=1S/C22H22FN3O2/c1-2-3-12-28-18-10-4-15(5-11-18)19-13-21(27)25-22-20(19)14-24-26(22)17-8-6-16(23)7-9-17/h4-11,14,19H,2-3,12-13H2,1H3,(H,25,27)/t19-/m0/s1. The van der Waals surface area contributed by atoms with Crippen molar-refractivity contribution in [3.8, 4) is 11.4 Å². The van der Waals surface area contributed by atoms with E-state index in [-0.39, 0.29) is 17.6 Å². The molecule has 6 heteroatoms. The molecular weight excluding hydrogens is 357 g/mol. The highest BCUT2D eigenvalue weighted by atomic mass is 19.1. The highest BCUT2D eigenvalue weighted by Crippen LogP contribution is 2.38. The first kappa shape index (κ1) is 18.2. The second-order valence-corrected chi connectivity index (χ2v) is 6.91. The van der Waals surface area contributed by atoms with Gasteiger partial charge < -0.3 is 10.1 Å². The molecule has 0 radical (unpaired) electrons. The number of nitrogens with zero attached hydrogens (tertiary/aromatic N) is 2. The van der Waals surface area contributed by atoms with Crippen molar-refractivity contribution in [1.29, 1.82) is 0 Å². The van der Waals surface area contributed by atoms with E-state index in [2.05, 4.69) is 17.3 Å². The lowest BCUT2D eigenvalue weighted by Crippen LogP contribution is -2.24. The Kier molecular flexibility index (Phi) is 5.10. The first-order valence-corrected chi connectivity index (χ1v) is 9.52. The Morgan fingerprint density at radius 2 is 1.93 bits per heavy atom. The van der Waals surface area contributed by atoms with Crippen molar-refractivity contribution in [2.45, 2.75) is 32.1 Å². The van der Waals surface area contributed by atoms with Gasteiger partial charge in [0, 0.05) is 17.9 Å². The largest absolute Gasteiger partial charge is 0.494 e. The van der Waals surface area contributed by atoms with Crippen molar-refractivity contribution in [3.05, 3.63) is 71.7 Å². The van der Waals surface area contributed by atoms with Gasteiger partial charge in [0.2, 0.25) is 5.91 Å². The van der Waals surface area contributed by atoms with Crippen LogP contribution in [-0.4, -0.2) is 22.3 Å². The summed E-state index contributed by atoms with van der Waals surface area (Å²) < 4.78 is 20.6. The molecule has 3 aromatic rings. The molecule has 0 aliphatic carbocycles. The monoisotopic (exact) mass is 379 g/mol. The quantitative estimate of drug-likeness (QED) is 0.634. The van der Waals surface area contributed by atoms with E-state index in [4.69, 9.17) is 4.74 Å². The van der Waals surface area contributed by atoms with Gasteiger partial charge in [-0.1, -0.05) is 25.5 Å². The average Bonchev–Trinajstić information content (AvgIpc) is 3.12. The molecule has 0 unspecified atom stereocenters. The first-order chi connectivity index (χ1) is 13.7. The van der Waals surface area contributed by atoms with E-state index in [1.807, 2.05) is 24.3 Å². The summed E-state index contributed by atoms with van der Waals surface area (Å²) in [5, 5.41) is 7.34. The van der Waals surface area contributed by atoms with Crippen molar-refractivity contribution >= 4 is 11.7 Å². The van der Waals surface area contributed by atoms with Gasteiger partial charge in [0.15, 0.2) is 0 Å². The first-order valence-electron chi connectivity index (χ1n) is 9.52. The lowest BCUT2D eigenvalue weighted by Gasteiger charge is -2.24. The fourth-order valence-electron chi connectivity index (χ4n) is 3.43. The number of amides is 1. The molecule has 5 nitrogen and oxygen atoms in total. The minimum absolute atomic E-state index is 0.0652. The molecule has 1 N–H and O–H groups in total. The van der Waals surface area contributed by atoms with Crippen molar-refractivity contribution in [1.82, 2.24) is 9.78 Å². The Balaban J connectivity index is 1.62. The predicted molar refractivity (Wildman–Crippen MR) is 105 cm³/mol. The van der Waals surface area contributed by atoms with E-state index in [0.29, 0.717) is 24.5 Å². The van der Waals surface area contributed by atoms with Crippen molar-refractivity contribution in [2.24, 2.45) is 0 Å². The number of rotatable bonds is 6. The molecule has 4 rings (SSSR count). The van der Waals surface area contributed by atoms with Gasteiger partial charge in [0.25, 0.3) is 0 Å². The third kappa shape index (κ3) is 3.63. The van der Waals surface area contributed by atoms with Gasteiger partial charge in [-0.2, -0.15) is 5.10 Å². The van der Waals surface area contributed by atoms with E-state index in [1.165, 1.54) is 12.1 Å². The maximum atomic E-state index is 13.2. The average molecular weight is 379 g/mol. The highest BCUT2D eigenvalue weighted by molar-refractivity contribution is 5.94. The summed E-state index contributed by atoms with van der Waals surface area (Å²) >= 11 is 0. The van der Waals surface area contributed by atoms with Gasteiger partial charge in [-0.05, 0) is 48.4 Å². The Bertz CT molecular complexity index is 964. The number of ether oxygens (including phenoxy) is 1. The van der Waals surface area contributed by atoms with Gasteiger partial charge in [0.05, 0.1) is 18.5 Å². The molecule has 0 bridgehead atoms. The lowest BCUT2D eigenvalue weighted by atomic mass is 9.87. The van der Waals surface area contributed by atoms with Crippen LogP contribution in [0.25, 0.3) is 5.69 Å². The van der Waals surface area contributed by atoms with Crippen molar-refractivity contribution in [3.63, 3.8) is 0 Å². The normalized spacial score (nSPS) is 15.8. The zero-order chi connectivity index (χ0) is 19.5. The molecule has 1 aromatic heterocycles. The van der Waals surface area contributed by atoms with Crippen molar-refractivity contribution < 1.29 is 13.9 Å². The lowest BCUT2D eigenvalue weighted by molar-refractivity contribution is -0.116. The van der Waals surface area contributed by atoms with Gasteiger partial charge in [-0.25, -0.2) is 9.07 Å². The maximum absolute atomic E-state index is 13.2. The number of fused-ring (bicyclic) bond motifs is 1. The van der Waals surface area contributed by atoms with E-state index in [1.54, 1.807) is 23.0 Å². The molecule has 1 amide bonds. The van der Waals surface area contributed by atoms with Crippen LogP contribution in [0.1, 0.15) is 43.2 Å². The number of unbranched alkanes of at least 4 members (excludes halogenated alkanes) is 1. The zero-order valence-electron chi connectivity index (χ0n) is 15.7. The van der Waals surface area contributed by atoms with Gasteiger partial charge in [0.1, 0.15) is 17.4 Å². The predicted octanol–water partition coefficient (Wildman–Crippen LogP) is 4.66. The molecule has 144 valence electrons. The van der Waals surface area contributed by atoms with Crippen LogP contribution in [0.3, 0.4) is 0 Å². The Labute approximate surface area is 163 Å². The van der Waals surface area contributed by atoms with Gasteiger partial charge in [-0.15, -0.1) is 0 Å². The van der Waals surface area contributed by atoms with Crippen LogP contribution < -0.4 is 10.1 Å². The van der Waals surface area contributed by atoms with Gasteiger partial charge in [-0.3, -0.25) is 4.79 Å². The Morgan fingerprint density at radius 1 is 1.18 bits per heavy atom. The fourth-order valence-corrected chi connectivity index (χ4v) is 3.43. The molecule has 2 aromatic carbocycles. The Morgan fingerprint density at radius 3 is 2.64 bits per heavy atom. The number of carbonyl (C=O) groups excluding carboxylic acids is 1. The number of anilines is 1. The van der Waals surface area contributed by atoms with Crippen LogP contribution in [0.2, 0.25) is 0 Å². The number of halogens is 1. The van der Waals surface area contributed by atoms with Crippen LogP contribution in [0.15, 0.2) is 54.7 Å². The highest BCUT2D eigenvalue weighted by Gasteiger charge is 2.30. The summed E-state index contributed by atoms with van der Waals surface area (Å²) in [6, 6.07) is 13.9. The number of carbonyl (C=O) groups is 1. The summed E-state index contributed by atoms with van der Waals surface area (Å²) in [7, 11) is 0.